The molecule has 0 saturated carbocycles. The summed E-state index contributed by atoms with van der Waals surface area (Å²) in [7, 11) is -1.50. The molecule has 0 aromatic heterocycles. The van der Waals surface area contributed by atoms with Gasteiger partial charge in [-0.3, -0.25) is 0 Å². The Morgan fingerprint density at radius 2 is 1.90 bits per heavy atom. The van der Waals surface area contributed by atoms with E-state index < -0.39 is 7.12 Å². The van der Waals surface area contributed by atoms with Gasteiger partial charge in [-0.25, -0.2) is 4.39 Å². The van der Waals surface area contributed by atoms with Crippen molar-refractivity contribution in [2.24, 2.45) is 0 Å². The van der Waals surface area contributed by atoms with E-state index in [1.807, 2.05) is 6.07 Å². The Labute approximate surface area is 121 Å². The molecule has 20 heavy (non-hydrogen) atoms. The second-order valence-corrected chi connectivity index (χ2v) is 5.27. The van der Waals surface area contributed by atoms with Gasteiger partial charge in [0, 0.05) is 10.6 Å². The van der Waals surface area contributed by atoms with Crippen LogP contribution in [0.3, 0.4) is 0 Å². The minimum atomic E-state index is -1.50. The fraction of sp³-hybridized carbons (Fsp3) is 0.143. The van der Waals surface area contributed by atoms with Gasteiger partial charge < -0.3 is 14.8 Å². The van der Waals surface area contributed by atoms with E-state index >= 15 is 0 Å². The molecule has 0 amide bonds. The lowest BCUT2D eigenvalue weighted by Crippen LogP contribution is -2.29. The molecule has 0 aliphatic rings. The molecule has 2 N–H and O–H groups in total. The lowest BCUT2D eigenvalue weighted by molar-refractivity contribution is 0.344. The highest BCUT2D eigenvalue weighted by Gasteiger charge is 2.10. The van der Waals surface area contributed by atoms with Gasteiger partial charge in [-0.1, -0.05) is 18.2 Å². The maximum atomic E-state index is 13.0. The summed E-state index contributed by atoms with van der Waals surface area (Å²) in [6.45, 7) is 0.451. The molecule has 2 rings (SSSR count). The molecule has 0 unspecified atom stereocenters. The smallest absolute Gasteiger partial charge is 0.488 e. The van der Waals surface area contributed by atoms with E-state index in [2.05, 4.69) is 0 Å². The number of benzene rings is 2. The largest absolute Gasteiger partial charge is 0.493 e. The third kappa shape index (κ3) is 4.56. The standard InChI is InChI=1S/C14H14BFO3S/c16-12-4-2-6-14(10-12)20-8-7-19-13-5-1-3-11(9-13)15(17)18/h1-6,9-10,17-18H,7-8H2. The van der Waals surface area contributed by atoms with E-state index in [0.29, 0.717) is 23.6 Å². The second kappa shape index (κ2) is 7.33. The van der Waals surface area contributed by atoms with E-state index in [1.165, 1.54) is 23.9 Å². The van der Waals surface area contributed by atoms with Crippen LogP contribution >= 0.6 is 11.8 Å². The van der Waals surface area contributed by atoms with Gasteiger partial charge in [0.05, 0.1) is 6.61 Å². The zero-order valence-corrected chi connectivity index (χ0v) is 11.5. The van der Waals surface area contributed by atoms with Crippen molar-refractivity contribution in [3.63, 3.8) is 0 Å². The van der Waals surface area contributed by atoms with Gasteiger partial charge in [0.15, 0.2) is 0 Å². The first-order valence-electron chi connectivity index (χ1n) is 6.12. The Balaban J connectivity index is 1.80. The minimum absolute atomic E-state index is 0.249. The SMILES string of the molecule is OB(O)c1cccc(OCCSc2cccc(F)c2)c1. The van der Waals surface area contributed by atoms with Gasteiger partial charge in [-0.05, 0) is 35.8 Å². The van der Waals surface area contributed by atoms with Crippen molar-refractivity contribution in [1.82, 2.24) is 0 Å². The zero-order valence-electron chi connectivity index (χ0n) is 10.7. The van der Waals surface area contributed by atoms with Gasteiger partial charge in [0.2, 0.25) is 0 Å². The summed E-state index contributed by atoms with van der Waals surface area (Å²) in [5.41, 5.74) is 0.389. The van der Waals surface area contributed by atoms with Crippen LogP contribution in [0.25, 0.3) is 0 Å². The Kier molecular flexibility index (Phi) is 5.46. The topological polar surface area (TPSA) is 49.7 Å². The molecule has 0 bridgehead atoms. The molecular formula is C14H14BFO3S. The fourth-order valence-corrected chi connectivity index (χ4v) is 2.41. The fourth-order valence-electron chi connectivity index (χ4n) is 1.64. The van der Waals surface area contributed by atoms with Crippen LogP contribution in [-0.2, 0) is 0 Å². The third-order valence-corrected chi connectivity index (χ3v) is 3.53. The first-order chi connectivity index (χ1) is 9.65. The molecule has 0 aliphatic carbocycles. The van der Waals surface area contributed by atoms with Crippen LogP contribution in [0.15, 0.2) is 53.4 Å². The van der Waals surface area contributed by atoms with Crippen LogP contribution in [0.2, 0.25) is 0 Å². The van der Waals surface area contributed by atoms with Gasteiger partial charge >= 0.3 is 7.12 Å². The van der Waals surface area contributed by atoms with E-state index in [9.17, 15) is 4.39 Å². The lowest BCUT2D eigenvalue weighted by atomic mass is 9.80. The van der Waals surface area contributed by atoms with Crippen molar-refractivity contribution < 1.29 is 19.2 Å². The highest BCUT2D eigenvalue weighted by atomic mass is 32.2. The van der Waals surface area contributed by atoms with E-state index in [1.54, 1.807) is 30.3 Å². The van der Waals surface area contributed by atoms with Gasteiger partial charge in [0.25, 0.3) is 0 Å². The summed E-state index contributed by atoms with van der Waals surface area (Å²) >= 11 is 1.50. The van der Waals surface area contributed by atoms with Crippen LogP contribution in [0.5, 0.6) is 5.75 Å². The molecule has 0 saturated heterocycles. The summed E-state index contributed by atoms with van der Waals surface area (Å²) < 4.78 is 18.5. The monoisotopic (exact) mass is 292 g/mol. The van der Waals surface area contributed by atoms with Crippen molar-refractivity contribution in [2.75, 3.05) is 12.4 Å². The highest BCUT2D eigenvalue weighted by molar-refractivity contribution is 7.99. The predicted octanol–water partition coefficient (Wildman–Crippen LogP) is 1.68. The van der Waals surface area contributed by atoms with Gasteiger partial charge in [0.1, 0.15) is 11.6 Å². The lowest BCUT2D eigenvalue weighted by Gasteiger charge is -2.07. The van der Waals surface area contributed by atoms with Gasteiger partial charge in [-0.2, -0.15) is 0 Å². The molecule has 0 fully saturated rings. The molecule has 104 valence electrons. The molecule has 0 heterocycles. The summed E-state index contributed by atoms with van der Waals surface area (Å²) in [6.07, 6.45) is 0. The zero-order chi connectivity index (χ0) is 14.4. The van der Waals surface area contributed by atoms with Crippen LogP contribution in [0.4, 0.5) is 4.39 Å². The quantitative estimate of drug-likeness (QED) is 0.483. The molecule has 0 aliphatic heterocycles. The summed E-state index contributed by atoms with van der Waals surface area (Å²) in [5.74, 6) is 1.01. The Hall–Kier alpha value is -1.50. The van der Waals surface area contributed by atoms with Crippen molar-refractivity contribution in [3.05, 3.63) is 54.3 Å². The summed E-state index contributed by atoms with van der Waals surface area (Å²) in [4.78, 5) is 0.855. The second-order valence-electron chi connectivity index (χ2n) is 4.10. The van der Waals surface area contributed by atoms with Crippen molar-refractivity contribution >= 4 is 24.3 Å². The number of rotatable bonds is 6. The molecule has 0 atom stereocenters. The Morgan fingerprint density at radius 3 is 2.65 bits per heavy atom. The first kappa shape index (κ1) is 14.9. The summed E-state index contributed by atoms with van der Waals surface area (Å²) in [6, 6.07) is 13.0. The van der Waals surface area contributed by atoms with Gasteiger partial charge in [-0.15, -0.1) is 11.8 Å². The Morgan fingerprint density at radius 1 is 1.10 bits per heavy atom. The number of hydrogen-bond donors (Lipinski definition) is 2. The number of hydrogen-bond acceptors (Lipinski definition) is 4. The van der Waals surface area contributed by atoms with Crippen molar-refractivity contribution in [1.29, 1.82) is 0 Å². The average Bonchev–Trinajstić information content (AvgIpc) is 2.44. The normalized spacial score (nSPS) is 10.3. The van der Waals surface area contributed by atoms with Crippen LogP contribution < -0.4 is 10.2 Å². The average molecular weight is 292 g/mol. The molecular weight excluding hydrogens is 278 g/mol. The maximum absolute atomic E-state index is 13.0. The van der Waals surface area contributed by atoms with Crippen LogP contribution in [0, 0.1) is 5.82 Å². The molecule has 0 radical (unpaired) electrons. The molecule has 6 heteroatoms. The predicted molar refractivity (Wildman–Crippen MR) is 78.9 cm³/mol. The van der Waals surface area contributed by atoms with E-state index in [-0.39, 0.29) is 5.82 Å². The minimum Gasteiger partial charge on any atom is -0.493 e. The maximum Gasteiger partial charge on any atom is 0.488 e. The number of halogens is 1. The van der Waals surface area contributed by atoms with Crippen LogP contribution in [-0.4, -0.2) is 29.5 Å². The number of thioether (sulfide) groups is 1. The van der Waals surface area contributed by atoms with E-state index in [4.69, 9.17) is 14.8 Å². The van der Waals surface area contributed by atoms with Crippen LogP contribution in [0.1, 0.15) is 0 Å². The van der Waals surface area contributed by atoms with E-state index in [0.717, 1.165) is 4.90 Å². The highest BCUT2D eigenvalue weighted by Crippen LogP contribution is 2.18. The molecule has 3 nitrogen and oxygen atoms in total. The number of ether oxygens (including phenoxy) is 1. The Bertz CT molecular complexity index is 566. The molecule has 2 aromatic rings. The third-order valence-electron chi connectivity index (χ3n) is 2.57. The molecule has 0 spiro atoms. The van der Waals surface area contributed by atoms with Crippen molar-refractivity contribution in [2.45, 2.75) is 4.90 Å². The van der Waals surface area contributed by atoms with Crippen molar-refractivity contribution in [3.8, 4) is 5.75 Å². The molecule has 2 aromatic carbocycles. The first-order valence-corrected chi connectivity index (χ1v) is 7.11. The summed E-state index contributed by atoms with van der Waals surface area (Å²) in [5, 5.41) is 18.1.